The molecule has 0 saturated carbocycles. The van der Waals surface area contributed by atoms with Gasteiger partial charge >= 0.3 is 5.91 Å². The molecule has 0 radical (unpaired) electrons. The van der Waals surface area contributed by atoms with Crippen LogP contribution in [0.2, 0.25) is 0 Å². The molecule has 0 fully saturated rings. The van der Waals surface area contributed by atoms with Gasteiger partial charge in [0.25, 0.3) is 5.69 Å². The van der Waals surface area contributed by atoms with Gasteiger partial charge in [-0.15, -0.1) is 5.10 Å². The highest BCUT2D eigenvalue weighted by atomic mass is 16.6. The van der Waals surface area contributed by atoms with Crippen molar-refractivity contribution in [3.63, 3.8) is 0 Å². The Morgan fingerprint density at radius 2 is 2.08 bits per heavy atom. The van der Waals surface area contributed by atoms with Gasteiger partial charge in [0.05, 0.1) is 11.1 Å². The zero-order valence-electron chi connectivity index (χ0n) is 12.0. The van der Waals surface area contributed by atoms with Gasteiger partial charge in [0.15, 0.2) is 0 Å². The summed E-state index contributed by atoms with van der Waals surface area (Å²) < 4.78 is 5.53. The lowest BCUT2D eigenvalue weighted by Crippen LogP contribution is -2.19. The van der Waals surface area contributed by atoms with Gasteiger partial charge in [0.2, 0.25) is 5.82 Å². The summed E-state index contributed by atoms with van der Waals surface area (Å²) >= 11 is 0. The number of aromatic amines is 1. The fourth-order valence-electron chi connectivity index (χ4n) is 1.85. The van der Waals surface area contributed by atoms with Crippen molar-refractivity contribution in [3.8, 4) is 11.3 Å². The molecule has 1 amide bonds. The van der Waals surface area contributed by atoms with Crippen LogP contribution in [0.1, 0.15) is 16.4 Å². The lowest BCUT2D eigenvalue weighted by Gasteiger charge is -1.96. The molecule has 0 aliphatic carbocycles. The average Bonchev–Trinajstić information content (AvgIpc) is 3.27. The second kappa shape index (κ2) is 6.52. The van der Waals surface area contributed by atoms with E-state index >= 15 is 0 Å². The van der Waals surface area contributed by atoms with Crippen LogP contribution in [0, 0.1) is 10.1 Å². The Balaban J connectivity index is 1.66. The van der Waals surface area contributed by atoms with E-state index < -0.39 is 10.8 Å². The number of nitrogens with one attached hydrogen (secondary N) is 2. The van der Waals surface area contributed by atoms with Crippen LogP contribution in [0.4, 0.5) is 5.69 Å². The summed E-state index contributed by atoms with van der Waals surface area (Å²) in [6.07, 6.45) is 2.60. The SMILES string of the molecule is O=C(NN=Cc1ccc(-c2ccc([N+](=O)[O-])cc2)o1)c1nc[nH]n1. The first kappa shape index (κ1) is 15.1. The number of H-pyrrole nitrogens is 1. The lowest BCUT2D eigenvalue weighted by atomic mass is 10.1. The molecule has 0 saturated heterocycles. The van der Waals surface area contributed by atoms with Crippen LogP contribution in [0.15, 0.2) is 52.2 Å². The molecule has 0 unspecified atom stereocenters. The maximum Gasteiger partial charge on any atom is 0.310 e. The predicted molar refractivity (Wildman–Crippen MR) is 82.2 cm³/mol. The highest BCUT2D eigenvalue weighted by Crippen LogP contribution is 2.23. The van der Waals surface area contributed by atoms with E-state index in [0.29, 0.717) is 17.1 Å². The molecule has 0 atom stereocenters. The quantitative estimate of drug-likeness (QED) is 0.416. The van der Waals surface area contributed by atoms with Crippen molar-refractivity contribution in [1.82, 2.24) is 20.6 Å². The summed E-state index contributed by atoms with van der Waals surface area (Å²) in [6, 6.07) is 9.30. The van der Waals surface area contributed by atoms with Gasteiger partial charge in [-0.25, -0.2) is 10.4 Å². The molecule has 2 aromatic heterocycles. The van der Waals surface area contributed by atoms with Crippen LogP contribution in [-0.4, -0.2) is 32.2 Å². The largest absolute Gasteiger partial charge is 0.455 e. The average molecular weight is 326 g/mol. The van der Waals surface area contributed by atoms with E-state index in [4.69, 9.17) is 4.42 Å². The maximum absolute atomic E-state index is 11.6. The number of carbonyl (C=O) groups is 1. The van der Waals surface area contributed by atoms with Crippen molar-refractivity contribution in [2.45, 2.75) is 0 Å². The first-order valence-electron chi connectivity index (χ1n) is 6.67. The van der Waals surface area contributed by atoms with Crippen molar-refractivity contribution in [2.75, 3.05) is 0 Å². The van der Waals surface area contributed by atoms with Crippen LogP contribution >= 0.6 is 0 Å². The van der Waals surface area contributed by atoms with Gasteiger partial charge in [-0.1, -0.05) is 0 Å². The molecule has 120 valence electrons. The molecule has 3 aromatic rings. The molecule has 0 aliphatic heterocycles. The Labute approximate surface area is 134 Å². The number of non-ortho nitro benzene ring substituents is 1. The Bertz CT molecular complexity index is 882. The highest BCUT2D eigenvalue weighted by molar-refractivity contribution is 5.91. The van der Waals surface area contributed by atoms with E-state index in [1.807, 2.05) is 0 Å². The van der Waals surface area contributed by atoms with E-state index in [0.717, 1.165) is 0 Å². The molecule has 10 nitrogen and oxygen atoms in total. The summed E-state index contributed by atoms with van der Waals surface area (Å²) in [5, 5.41) is 20.4. The zero-order valence-corrected chi connectivity index (χ0v) is 12.0. The number of nitrogens with zero attached hydrogens (tertiary/aromatic N) is 4. The number of carbonyl (C=O) groups excluding carboxylic acids is 1. The Morgan fingerprint density at radius 3 is 2.75 bits per heavy atom. The Morgan fingerprint density at radius 1 is 1.29 bits per heavy atom. The van der Waals surface area contributed by atoms with Gasteiger partial charge in [0, 0.05) is 17.7 Å². The van der Waals surface area contributed by atoms with E-state index in [1.54, 1.807) is 24.3 Å². The summed E-state index contributed by atoms with van der Waals surface area (Å²) in [5.41, 5.74) is 2.94. The van der Waals surface area contributed by atoms with Gasteiger partial charge in [-0.3, -0.25) is 20.0 Å². The van der Waals surface area contributed by atoms with E-state index in [9.17, 15) is 14.9 Å². The van der Waals surface area contributed by atoms with E-state index in [2.05, 4.69) is 25.7 Å². The fraction of sp³-hybridized carbons (Fsp3) is 0. The topological polar surface area (TPSA) is 139 Å². The molecule has 2 heterocycles. The fourth-order valence-corrected chi connectivity index (χ4v) is 1.85. The number of aromatic nitrogens is 3. The molecule has 1 aromatic carbocycles. The van der Waals surface area contributed by atoms with Gasteiger partial charge < -0.3 is 4.42 Å². The van der Waals surface area contributed by atoms with Gasteiger partial charge in [-0.05, 0) is 24.3 Å². The molecule has 2 N–H and O–H groups in total. The number of furan rings is 1. The molecule has 0 spiro atoms. The van der Waals surface area contributed by atoms with Crippen molar-refractivity contribution in [2.24, 2.45) is 5.10 Å². The van der Waals surface area contributed by atoms with Crippen molar-refractivity contribution < 1.29 is 14.1 Å². The first-order valence-corrected chi connectivity index (χ1v) is 6.67. The van der Waals surface area contributed by atoms with Crippen LogP contribution in [0.25, 0.3) is 11.3 Å². The normalized spacial score (nSPS) is 10.8. The van der Waals surface area contributed by atoms with Crippen LogP contribution < -0.4 is 5.43 Å². The first-order chi connectivity index (χ1) is 11.6. The molecule has 24 heavy (non-hydrogen) atoms. The van der Waals surface area contributed by atoms with Crippen molar-refractivity contribution in [3.05, 3.63) is 64.4 Å². The summed E-state index contributed by atoms with van der Waals surface area (Å²) in [4.78, 5) is 25.4. The van der Waals surface area contributed by atoms with Gasteiger partial charge in [-0.2, -0.15) is 5.10 Å². The monoisotopic (exact) mass is 326 g/mol. The minimum absolute atomic E-state index is 0.00165. The number of hydrogen-bond donors (Lipinski definition) is 2. The van der Waals surface area contributed by atoms with Crippen LogP contribution in [0.5, 0.6) is 0 Å². The number of hydrazone groups is 1. The molecule has 10 heteroatoms. The number of rotatable bonds is 5. The Hall–Kier alpha value is -3.82. The molecular formula is C14H10N6O4. The summed E-state index contributed by atoms with van der Waals surface area (Å²) in [7, 11) is 0. The summed E-state index contributed by atoms with van der Waals surface area (Å²) in [6.45, 7) is 0. The second-order valence-corrected chi connectivity index (χ2v) is 4.53. The third-order valence-corrected chi connectivity index (χ3v) is 2.97. The van der Waals surface area contributed by atoms with E-state index in [1.165, 1.54) is 24.7 Å². The van der Waals surface area contributed by atoms with Crippen molar-refractivity contribution in [1.29, 1.82) is 0 Å². The van der Waals surface area contributed by atoms with Gasteiger partial charge in [0.1, 0.15) is 17.8 Å². The second-order valence-electron chi connectivity index (χ2n) is 4.53. The third-order valence-electron chi connectivity index (χ3n) is 2.97. The number of nitro groups is 1. The minimum atomic E-state index is -0.561. The number of hydrogen-bond acceptors (Lipinski definition) is 7. The minimum Gasteiger partial charge on any atom is -0.455 e. The molecular weight excluding hydrogens is 316 g/mol. The molecule has 0 aliphatic rings. The smallest absolute Gasteiger partial charge is 0.310 e. The molecule has 3 rings (SSSR count). The zero-order chi connectivity index (χ0) is 16.9. The summed E-state index contributed by atoms with van der Waals surface area (Å²) in [5.74, 6) is 0.332. The van der Waals surface area contributed by atoms with Crippen LogP contribution in [-0.2, 0) is 0 Å². The lowest BCUT2D eigenvalue weighted by molar-refractivity contribution is -0.384. The standard InChI is InChI=1S/C14H10N6O4/c21-14(13-15-8-17-18-13)19-16-7-11-5-6-12(24-11)9-1-3-10(4-2-9)20(22)23/h1-8H,(H,19,21)(H,15,17,18). The van der Waals surface area contributed by atoms with Crippen LogP contribution in [0.3, 0.4) is 0 Å². The Kier molecular flexibility index (Phi) is 4.10. The predicted octanol–water partition coefficient (Wildman–Crippen LogP) is 1.74. The molecule has 0 bridgehead atoms. The maximum atomic E-state index is 11.6. The highest BCUT2D eigenvalue weighted by Gasteiger charge is 2.09. The number of amides is 1. The van der Waals surface area contributed by atoms with E-state index in [-0.39, 0.29) is 11.5 Å². The number of benzene rings is 1. The third kappa shape index (κ3) is 3.32. The van der Waals surface area contributed by atoms with Crippen molar-refractivity contribution >= 4 is 17.8 Å². The number of nitro benzene ring substituents is 1.